The first-order valence-electron chi connectivity index (χ1n) is 10.9. The largest absolute Gasteiger partial charge is 0.483 e. The number of hydrogen-bond donors (Lipinski definition) is 2. The van der Waals surface area contributed by atoms with Crippen LogP contribution in [0.4, 0.5) is 16.2 Å². The maximum absolute atomic E-state index is 13.1. The number of imide groups is 2. The Labute approximate surface area is 202 Å². The molecule has 0 saturated carbocycles. The number of para-hydroxylation sites is 2. The first-order valence-corrected chi connectivity index (χ1v) is 10.9. The lowest BCUT2D eigenvalue weighted by Crippen LogP contribution is -2.54. The number of nitrogens with zero attached hydrogens (tertiary/aromatic N) is 1. The van der Waals surface area contributed by atoms with Gasteiger partial charge >= 0.3 is 6.03 Å². The number of ether oxygens (including phenoxy) is 1. The smallest absolute Gasteiger partial charge is 0.335 e. The van der Waals surface area contributed by atoms with Crippen LogP contribution in [-0.2, 0) is 14.4 Å². The highest BCUT2D eigenvalue weighted by atomic mass is 16.5. The third-order valence-corrected chi connectivity index (χ3v) is 5.57. The highest BCUT2D eigenvalue weighted by Gasteiger charge is 2.36. The van der Waals surface area contributed by atoms with Crippen molar-refractivity contribution in [3.05, 3.63) is 95.1 Å². The summed E-state index contributed by atoms with van der Waals surface area (Å²) < 4.78 is 5.71. The lowest BCUT2D eigenvalue weighted by atomic mass is 10.1. The molecule has 3 aromatic rings. The van der Waals surface area contributed by atoms with Gasteiger partial charge in [0.1, 0.15) is 11.3 Å². The molecule has 8 heteroatoms. The molecule has 0 unspecified atom stereocenters. The van der Waals surface area contributed by atoms with Crippen LogP contribution in [0.25, 0.3) is 6.08 Å². The minimum absolute atomic E-state index is 0.232. The average Bonchev–Trinajstić information content (AvgIpc) is 2.84. The van der Waals surface area contributed by atoms with Crippen molar-refractivity contribution < 1.29 is 23.9 Å². The van der Waals surface area contributed by atoms with Crippen LogP contribution in [0.5, 0.6) is 5.75 Å². The molecule has 0 bridgehead atoms. The van der Waals surface area contributed by atoms with Crippen LogP contribution in [0.3, 0.4) is 0 Å². The Morgan fingerprint density at radius 3 is 2.43 bits per heavy atom. The number of benzene rings is 3. The predicted octanol–water partition coefficient (Wildman–Crippen LogP) is 3.99. The summed E-state index contributed by atoms with van der Waals surface area (Å²) >= 11 is 0. The zero-order valence-corrected chi connectivity index (χ0v) is 19.2. The summed E-state index contributed by atoms with van der Waals surface area (Å²) in [5, 5.41) is 5.01. The Morgan fingerprint density at radius 1 is 0.943 bits per heavy atom. The molecule has 5 amide bonds. The second-order valence-corrected chi connectivity index (χ2v) is 7.92. The van der Waals surface area contributed by atoms with Crippen molar-refractivity contribution in [2.75, 3.05) is 16.8 Å². The molecule has 0 aromatic heterocycles. The monoisotopic (exact) mass is 469 g/mol. The maximum atomic E-state index is 13.1. The number of anilines is 2. The molecule has 3 aromatic carbocycles. The minimum atomic E-state index is -0.823. The zero-order chi connectivity index (χ0) is 24.9. The number of amides is 5. The topological polar surface area (TPSA) is 105 Å². The van der Waals surface area contributed by atoms with E-state index >= 15 is 0 Å². The lowest BCUT2D eigenvalue weighted by molar-refractivity contribution is -0.122. The van der Waals surface area contributed by atoms with Gasteiger partial charge in [0.05, 0.1) is 5.69 Å². The summed E-state index contributed by atoms with van der Waals surface area (Å²) in [6.45, 7) is 3.60. The van der Waals surface area contributed by atoms with E-state index in [-0.39, 0.29) is 18.1 Å². The fourth-order valence-corrected chi connectivity index (χ4v) is 3.57. The first-order chi connectivity index (χ1) is 16.8. The highest BCUT2D eigenvalue weighted by Crippen LogP contribution is 2.25. The van der Waals surface area contributed by atoms with Gasteiger partial charge in [-0.25, -0.2) is 9.69 Å². The van der Waals surface area contributed by atoms with Crippen molar-refractivity contribution in [1.29, 1.82) is 0 Å². The lowest BCUT2D eigenvalue weighted by Gasteiger charge is -2.26. The van der Waals surface area contributed by atoms with Gasteiger partial charge in [0, 0.05) is 11.3 Å². The molecular formula is C27H23N3O5. The zero-order valence-electron chi connectivity index (χ0n) is 19.2. The molecule has 35 heavy (non-hydrogen) atoms. The molecule has 2 N–H and O–H groups in total. The van der Waals surface area contributed by atoms with Crippen molar-refractivity contribution in [1.82, 2.24) is 5.32 Å². The van der Waals surface area contributed by atoms with Gasteiger partial charge in [-0.1, -0.05) is 48.5 Å². The van der Waals surface area contributed by atoms with Crippen molar-refractivity contribution in [2.24, 2.45) is 0 Å². The first kappa shape index (κ1) is 23.4. The Kier molecular flexibility index (Phi) is 6.73. The Bertz CT molecular complexity index is 1350. The third-order valence-electron chi connectivity index (χ3n) is 5.57. The van der Waals surface area contributed by atoms with E-state index in [9.17, 15) is 19.2 Å². The normalized spacial score (nSPS) is 14.6. The van der Waals surface area contributed by atoms with Gasteiger partial charge in [-0.15, -0.1) is 0 Å². The standard InChI is InChI=1S/C27H23N3O5/c1-17-9-8-13-22(18(17)2)28-24(31)16-35-23-14-7-6-10-19(23)15-21-25(32)29-27(34)30(26(21)33)20-11-4-3-5-12-20/h3-15H,16H2,1-2H3,(H,28,31)(H,29,32,34)/b21-15-. The van der Waals surface area contributed by atoms with E-state index < -0.39 is 17.8 Å². The van der Waals surface area contributed by atoms with E-state index in [4.69, 9.17) is 4.74 Å². The highest BCUT2D eigenvalue weighted by molar-refractivity contribution is 6.39. The van der Waals surface area contributed by atoms with E-state index in [2.05, 4.69) is 10.6 Å². The van der Waals surface area contributed by atoms with E-state index in [0.717, 1.165) is 16.0 Å². The Hall–Kier alpha value is -4.72. The molecule has 0 radical (unpaired) electrons. The van der Waals surface area contributed by atoms with Crippen molar-refractivity contribution in [3.63, 3.8) is 0 Å². The molecule has 1 heterocycles. The van der Waals surface area contributed by atoms with Gasteiger partial charge in [0.15, 0.2) is 6.61 Å². The number of barbiturate groups is 1. The van der Waals surface area contributed by atoms with Gasteiger partial charge in [-0.05, 0) is 55.3 Å². The quantitative estimate of drug-likeness (QED) is 0.420. The molecule has 0 spiro atoms. The van der Waals surface area contributed by atoms with Gasteiger partial charge in [-0.3, -0.25) is 19.7 Å². The summed E-state index contributed by atoms with van der Waals surface area (Å²) in [6, 6.07) is 19.8. The maximum Gasteiger partial charge on any atom is 0.335 e. The SMILES string of the molecule is Cc1cccc(NC(=O)COc2ccccc2/C=C2/C(=O)NC(=O)N(c3ccccc3)C2=O)c1C. The minimum Gasteiger partial charge on any atom is -0.483 e. The number of carbonyl (C=O) groups is 4. The van der Waals surface area contributed by atoms with Gasteiger partial charge in [0.2, 0.25) is 0 Å². The molecular weight excluding hydrogens is 446 g/mol. The molecule has 4 rings (SSSR count). The molecule has 0 aliphatic carbocycles. The molecule has 1 saturated heterocycles. The van der Waals surface area contributed by atoms with E-state index in [1.807, 2.05) is 32.0 Å². The molecule has 8 nitrogen and oxygen atoms in total. The van der Waals surface area contributed by atoms with Crippen LogP contribution >= 0.6 is 0 Å². The van der Waals surface area contributed by atoms with E-state index in [0.29, 0.717) is 22.7 Å². The number of carbonyl (C=O) groups excluding carboxylic acids is 4. The molecule has 1 fully saturated rings. The fourth-order valence-electron chi connectivity index (χ4n) is 3.57. The third kappa shape index (κ3) is 5.11. The van der Waals surface area contributed by atoms with Crippen molar-refractivity contribution in [3.8, 4) is 5.75 Å². The van der Waals surface area contributed by atoms with Crippen molar-refractivity contribution in [2.45, 2.75) is 13.8 Å². The average molecular weight is 469 g/mol. The summed E-state index contributed by atoms with van der Waals surface area (Å²) in [6.07, 6.45) is 1.35. The summed E-state index contributed by atoms with van der Waals surface area (Å²) in [5.74, 6) is -1.62. The van der Waals surface area contributed by atoms with Gasteiger partial charge < -0.3 is 10.1 Å². The van der Waals surface area contributed by atoms with Crippen LogP contribution < -0.4 is 20.3 Å². The predicted molar refractivity (Wildman–Crippen MR) is 132 cm³/mol. The molecule has 1 aliphatic heterocycles. The molecule has 1 aliphatic rings. The van der Waals surface area contributed by atoms with Crippen molar-refractivity contribution >= 4 is 41.2 Å². The number of hydrogen-bond acceptors (Lipinski definition) is 5. The second kappa shape index (κ2) is 10.0. The molecule has 0 atom stereocenters. The van der Waals surface area contributed by atoms with E-state index in [1.54, 1.807) is 54.6 Å². The van der Waals surface area contributed by atoms with Crippen LogP contribution in [0.15, 0.2) is 78.4 Å². The number of urea groups is 1. The van der Waals surface area contributed by atoms with Crippen LogP contribution in [-0.4, -0.2) is 30.4 Å². The Morgan fingerprint density at radius 2 is 1.66 bits per heavy atom. The fraction of sp³-hybridized carbons (Fsp3) is 0.111. The number of rotatable bonds is 6. The van der Waals surface area contributed by atoms with Crippen LogP contribution in [0.1, 0.15) is 16.7 Å². The number of nitrogens with one attached hydrogen (secondary N) is 2. The van der Waals surface area contributed by atoms with Crippen LogP contribution in [0.2, 0.25) is 0 Å². The van der Waals surface area contributed by atoms with Gasteiger partial charge in [-0.2, -0.15) is 0 Å². The summed E-state index contributed by atoms with van der Waals surface area (Å²) in [7, 11) is 0. The van der Waals surface area contributed by atoms with E-state index in [1.165, 1.54) is 6.08 Å². The Balaban J connectivity index is 1.54. The summed E-state index contributed by atoms with van der Waals surface area (Å²) in [4.78, 5) is 51.2. The summed E-state index contributed by atoms with van der Waals surface area (Å²) in [5.41, 5.74) is 3.23. The number of aryl methyl sites for hydroxylation is 1. The second-order valence-electron chi connectivity index (χ2n) is 7.92. The van der Waals surface area contributed by atoms with Gasteiger partial charge in [0.25, 0.3) is 17.7 Å². The molecule has 176 valence electrons. The van der Waals surface area contributed by atoms with Crippen LogP contribution in [0, 0.1) is 13.8 Å².